The number of amides is 1. The molecule has 0 atom stereocenters. The van der Waals surface area contributed by atoms with E-state index in [9.17, 15) is 13.6 Å². The average molecular weight is 348 g/mol. The number of imidazole rings is 1. The van der Waals surface area contributed by atoms with E-state index in [-0.39, 0.29) is 24.3 Å². The number of hydrogen-bond acceptors (Lipinski definition) is 3. The third-order valence-electron chi connectivity index (χ3n) is 4.22. The molecule has 0 radical (unpaired) electrons. The summed E-state index contributed by atoms with van der Waals surface area (Å²) in [7, 11) is 3.97. The molecule has 1 heterocycles. The van der Waals surface area contributed by atoms with Gasteiger partial charge >= 0.3 is 6.55 Å². The SMILES string of the molecule is CN(C)Cc1ccc(C(=O)N(Cc2nccn2C(F)F)C2CC2)cc1. The van der Waals surface area contributed by atoms with Gasteiger partial charge in [-0.1, -0.05) is 12.1 Å². The molecule has 1 aromatic heterocycles. The maximum absolute atomic E-state index is 13.0. The van der Waals surface area contributed by atoms with Crippen LogP contribution in [0.2, 0.25) is 0 Å². The molecule has 134 valence electrons. The highest BCUT2D eigenvalue weighted by atomic mass is 19.3. The summed E-state index contributed by atoms with van der Waals surface area (Å²) in [5, 5.41) is 0. The van der Waals surface area contributed by atoms with Crippen LogP contribution in [0.5, 0.6) is 0 Å². The molecule has 0 aliphatic heterocycles. The Morgan fingerprint density at radius 1 is 1.24 bits per heavy atom. The van der Waals surface area contributed by atoms with Crippen molar-refractivity contribution in [1.82, 2.24) is 19.4 Å². The lowest BCUT2D eigenvalue weighted by Crippen LogP contribution is -2.33. The Hall–Kier alpha value is -2.28. The van der Waals surface area contributed by atoms with Crippen molar-refractivity contribution < 1.29 is 13.6 Å². The first-order chi connectivity index (χ1) is 12.0. The zero-order valence-electron chi connectivity index (χ0n) is 14.4. The molecule has 2 aromatic rings. The summed E-state index contributed by atoms with van der Waals surface area (Å²) in [6, 6.07) is 7.57. The predicted octanol–water partition coefficient (Wildman–Crippen LogP) is 3.14. The lowest BCUT2D eigenvalue weighted by molar-refractivity contribution is 0.0584. The van der Waals surface area contributed by atoms with Crippen LogP contribution in [0.3, 0.4) is 0 Å². The zero-order chi connectivity index (χ0) is 18.0. The lowest BCUT2D eigenvalue weighted by atomic mass is 10.1. The smallest absolute Gasteiger partial charge is 0.319 e. The maximum Gasteiger partial charge on any atom is 0.319 e. The van der Waals surface area contributed by atoms with E-state index in [0.717, 1.165) is 29.5 Å². The van der Waals surface area contributed by atoms with E-state index in [0.29, 0.717) is 5.56 Å². The van der Waals surface area contributed by atoms with Crippen molar-refractivity contribution in [2.24, 2.45) is 0 Å². The molecule has 7 heteroatoms. The Bertz CT molecular complexity index is 723. The standard InChI is InChI=1S/C18H22F2N4O/c1-22(2)11-13-3-5-14(6-4-13)17(25)24(15-7-8-15)12-16-21-9-10-23(16)18(19)20/h3-6,9-10,15,18H,7-8,11-12H2,1-2H3. The number of aromatic nitrogens is 2. The number of benzene rings is 1. The molecule has 0 unspecified atom stereocenters. The van der Waals surface area contributed by atoms with Gasteiger partial charge in [-0.15, -0.1) is 0 Å². The van der Waals surface area contributed by atoms with E-state index >= 15 is 0 Å². The van der Waals surface area contributed by atoms with Gasteiger partial charge in [-0.05, 0) is 44.6 Å². The number of halogens is 2. The minimum Gasteiger partial charge on any atom is -0.328 e. The van der Waals surface area contributed by atoms with Gasteiger partial charge in [0.15, 0.2) is 0 Å². The van der Waals surface area contributed by atoms with Gasteiger partial charge in [0.1, 0.15) is 5.82 Å². The van der Waals surface area contributed by atoms with Crippen LogP contribution in [0, 0.1) is 0 Å². The molecular weight excluding hydrogens is 326 g/mol. The first-order valence-corrected chi connectivity index (χ1v) is 8.30. The van der Waals surface area contributed by atoms with Crippen LogP contribution >= 0.6 is 0 Å². The van der Waals surface area contributed by atoms with E-state index in [4.69, 9.17) is 0 Å². The Labute approximate surface area is 145 Å². The number of hydrogen-bond donors (Lipinski definition) is 0. The molecular formula is C18H22F2N4O. The molecule has 25 heavy (non-hydrogen) atoms. The second-order valence-corrected chi connectivity index (χ2v) is 6.63. The number of carbonyl (C=O) groups is 1. The Balaban J connectivity index is 1.76. The second kappa shape index (κ2) is 7.31. The first-order valence-electron chi connectivity index (χ1n) is 8.30. The highest BCUT2D eigenvalue weighted by molar-refractivity contribution is 5.94. The maximum atomic E-state index is 13.0. The van der Waals surface area contributed by atoms with Crippen LogP contribution < -0.4 is 0 Å². The normalized spacial score (nSPS) is 14.3. The van der Waals surface area contributed by atoms with Crippen LogP contribution in [0.15, 0.2) is 36.7 Å². The first kappa shape index (κ1) is 17.5. The quantitative estimate of drug-likeness (QED) is 0.772. The molecule has 1 aliphatic carbocycles. The van der Waals surface area contributed by atoms with Crippen molar-refractivity contribution >= 4 is 5.91 Å². The van der Waals surface area contributed by atoms with Gasteiger partial charge in [-0.2, -0.15) is 8.78 Å². The fourth-order valence-corrected chi connectivity index (χ4v) is 2.83. The molecule has 3 rings (SSSR count). The van der Waals surface area contributed by atoms with E-state index < -0.39 is 6.55 Å². The van der Waals surface area contributed by atoms with Crippen molar-refractivity contribution in [3.05, 3.63) is 53.6 Å². The van der Waals surface area contributed by atoms with Crippen LogP contribution in [-0.2, 0) is 13.1 Å². The summed E-state index contributed by atoms with van der Waals surface area (Å²) in [6.45, 7) is -1.76. The number of nitrogens with zero attached hydrogens (tertiary/aromatic N) is 4. The largest absolute Gasteiger partial charge is 0.328 e. The van der Waals surface area contributed by atoms with Gasteiger partial charge in [-0.25, -0.2) is 4.98 Å². The van der Waals surface area contributed by atoms with E-state index in [1.54, 1.807) is 17.0 Å². The zero-order valence-corrected chi connectivity index (χ0v) is 14.4. The Morgan fingerprint density at radius 3 is 2.48 bits per heavy atom. The summed E-state index contributed by atoms with van der Waals surface area (Å²) in [5.74, 6) is 0.0715. The Morgan fingerprint density at radius 2 is 1.92 bits per heavy atom. The van der Waals surface area contributed by atoms with Crippen molar-refractivity contribution in [2.75, 3.05) is 14.1 Å². The second-order valence-electron chi connectivity index (χ2n) is 6.63. The van der Waals surface area contributed by atoms with Crippen LogP contribution in [0.1, 0.15) is 41.1 Å². The van der Waals surface area contributed by atoms with Crippen molar-refractivity contribution in [3.63, 3.8) is 0 Å². The minimum atomic E-state index is -2.65. The predicted molar refractivity (Wildman–Crippen MR) is 90.2 cm³/mol. The topological polar surface area (TPSA) is 41.4 Å². The highest BCUT2D eigenvalue weighted by Crippen LogP contribution is 2.30. The highest BCUT2D eigenvalue weighted by Gasteiger charge is 2.34. The number of alkyl halides is 2. The molecule has 1 aliphatic rings. The molecule has 1 fully saturated rings. The van der Waals surface area contributed by atoms with Gasteiger partial charge in [-0.3, -0.25) is 9.36 Å². The number of carbonyl (C=O) groups excluding carboxylic acids is 1. The fraction of sp³-hybridized carbons (Fsp3) is 0.444. The minimum absolute atomic E-state index is 0.0975. The molecule has 1 saturated carbocycles. The van der Waals surface area contributed by atoms with E-state index in [1.807, 2.05) is 26.2 Å². The third kappa shape index (κ3) is 4.22. The van der Waals surface area contributed by atoms with Crippen LogP contribution in [0.25, 0.3) is 0 Å². The van der Waals surface area contributed by atoms with Crippen LogP contribution in [-0.4, -0.2) is 45.4 Å². The van der Waals surface area contributed by atoms with Crippen molar-refractivity contribution in [3.8, 4) is 0 Å². The number of rotatable bonds is 7. The van der Waals surface area contributed by atoms with Gasteiger partial charge in [0.05, 0.1) is 6.54 Å². The summed E-state index contributed by atoms with van der Waals surface area (Å²) in [5.41, 5.74) is 1.69. The molecule has 0 spiro atoms. The summed E-state index contributed by atoms with van der Waals surface area (Å²) < 4.78 is 26.8. The fourth-order valence-electron chi connectivity index (χ4n) is 2.83. The average Bonchev–Trinajstić information content (AvgIpc) is 3.29. The molecule has 1 aromatic carbocycles. The van der Waals surface area contributed by atoms with Crippen LogP contribution in [0.4, 0.5) is 8.78 Å². The van der Waals surface area contributed by atoms with Gasteiger partial charge in [0, 0.05) is 30.5 Å². The van der Waals surface area contributed by atoms with Gasteiger partial charge in [0.2, 0.25) is 0 Å². The summed E-state index contributed by atoms with van der Waals surface area (Å²) in [4.78, 5) is 20.6. The monoisotopic (exact) mass is 348 g/mol. The van der Waals surface area contributed by atoms with E-state index in [1.165, 1.54) is 12.4 Å². The van der Waals surface area contributed by atoms with E-state index in [2.05, 4.69) is 9.88 Å². The van der Waals surface area contributed by atoms with Crippen molar-refractivity contribution in [2.45, 2.75) is 38.5 Å². The third-order valence-corrected chi connectivity index (χ3v) is 4.22. The van der Waals surface area contributed by atoms with Crippen molar-refractivity contribution in [1.29, 1.82) is 0 Å². The molecule has 0 bridgehead atoms. The van der Waals surface area contributed by atoms with Gasteiger partial charge < -0.3 is 9.80 Å². The molecule has 1 amide bonds. The lowest BCUT2D eigenvalue weighted by Gasteiger charge is -2.23. The molecule has 0 saturated heterocycles. The summed E-state index contributed by atoms with van der Waals surface area (Å²) in [6.07, 6.45) is 4.39. The van der Waals surface area contributed by atoms with Gasteiger partial charge in [0.25, 0.3) is 5.91 Å². The molecule has 5 nitrogen and oxygen atoms in total. The Kier molecular flexibility index (Phi) is 5.13. The summed E-state index contributed by atoms with van der Waals surface area (Å²) >= 11 is 0. The molecule has 0 N–H and O–H groups in total.